The Balaban J connectivity index is 2.31. The predicted molar refractivity (Wildman–Crippen MR) is 121 cm³/mol. The highest BCUT2D eigenvalue weighted by Gasteiger charge is 2.26. The molecule has 0 saturated heterocycles. The van der Waals surface area contributed by atoms with Crippen LogP contribution in [0.1, 0.15) is 51.3 Å². The molecular formula is C26H33NO2. The lowest BCUT2D eigenvalue weighted by Gasteiger charge is -2.34. The Hall–Kier alpha value is -2.65. The van der Waals surface area contributed by atoms with Gasteiger partial charge in [-0.1, -0.05) is 78.9 Å². The normalized spacial score (nSPS) is 14.0. The van der Waals surface area contributed by atoms with Gasteiger partial charge < -0.3 is 4.74 Å². The van der Waals surface area contributed by atoms with E-state index in [1.807, 2.05) is 63.2 Å². The summed E-state index contributed by atoms with van der Waals surface area (Å²) >= 11 is 0. The minimum atomic E-state index is -0.501. The highest BCUT2D eigenvalue weighted by atomic mass is 16.6. The van der Waals surface area contributed by atoms with Gasteiger partial charge in [-0.3, -0.25) is 9.69 Å². The molecule has 0 bridgehead atoms. The van der Waals surface area contributed by atoms with Crippen LogP contribution in [0.5, 0.6) is 0 Å². The average Bonchev–Trinajstić information content (AvgIpc) is 2.69. The molecule has 0 aromatic heterocycles. The molecule has 0 N–H and O–H groups in total. The van der Waals surface area contributed by atoms with Crippen LogP contribution >= 0.6 is 0 Å². The van der Waals surface area contributed by atoms with Crippen LogP contribution < -0.4 is 0 Å². The van der Waals surface area contributed by atoms with Gasteiger partial charge in [0, 0.05) is 18.6 Å². The van der Waals surface area contributed by atoms with E-state index in [1.54, 1.807) is 0 Å². The fourth-order valence-electron chi connectivity index (χ4n) is 3.29. The van der Waals surface area contributed by atoms with E-state index in [0.717, 1.165) is 5.56 Å². The zero-order valence-corrected chi connectivity index (χ0v) is 18.0. The SMILES string of the molecule is C=CCN(C(/C=C/c1ccccc1)CC(=O)OC(C)(C)C)C(C)c1ccccc1. The molecule has 3 nitrogen and oxygen atoms in total. The van der Waals surface area contributed by atoms with E-state index in [1.165, 1.54) is 5.56 Å². The molecule has 3 heteroatoms. The van der Waals surface area contributed by atoms with Crippen LogP contribution in [0.3, 0.4) is 0 Å². The second kappa shape index (κ2) is 10.8. The maximum atomic E-state index is 12.6. The van der Waals surface area contributed by atoms with E-state index in [2.05, 4.69) is 54.8 Å². The number of nitrogens with zero attached hydrogens (tertiary/aromatic N) is 1. The van der Waals surface area contributed by atoms with Gasteiger partial charge in [-0.05, 0) is 38.8 Å². The molecule has 2 aromatic carbocycles. The van der Waals surface area contributed by atoms with Crippen LogP contribution in [0.25, 0.3) is 6.08 Å². The van der Waals surface area contributed by atoms with Crippen molar-refractivity contribution in [3.05, 3.63) is 90.5 Å². The number of ether oxygens (including phenoxy) is 1. The van der Waals surface area contributed by atoms with Crippen molar-refractivity contribution >= 4 is 12.0 Å². The van der Waals surface area contributed by atoms with E-state index in [9.17, 15) is 4.79 Å². The first-order valence-corrected chi connectivity index (χ1v) is 10.2. The van der Waals surface area contributed by atoms with Crippen LogP contribution in [0.15, 0.2) is 79.4 Å². The minimum Gasteiger partial charge on any atom is -0.460 e. The molecule has 0 fully saturated rings. The monoisotopic (exact) mass is 391 g/mol. The van der Waals surface area contributed by atoms with Crippen molar-refractivity contribution in [1.82, 2.24) is 4.90 Å². The van der Waals surface area contributed by atoms with Gasteiger partial charge in [-0.2, -0.15) is 0 Å². The van der Waals surface area contributed by atoms with Crippen molar-refractivity contribution < 1.29 is 9.53 Å². The number of hydrogen-bond acceptors (Lipinski definition) is 3. The summed E-state index contributed by atoms with van der Waals surface area (Å²) in [5.41, 5.74) is 1.81. The van der Waals surface area contributed by atoms with Gasteiger partial charge in [0.05, 0.1) is 6.42 Å². The Morgan fingerprint density at radius 3 is 2.21 bits per heavy atom. The van der Waals surface area contributed by atoms with E-state index in [4.69, 9.17) is 4.74 Å². The second-order valence-electron chi connectivity index (χ2n) is 8.20. The lowest BCUT2D eigenvalue weighted by molar-refractivity contribution is -0.156. The van der Waals surface area contributed by atoms with Crippen molar-refractivity contribution in [1.29, 1.82) is 0 Å². The highest BCUT2D eigenvalue weighted by Crippen LogP contribution is 2.25. The quantitative estimate of drug-likeness (QED) is 0.385. The van der Waals surface area contributed by atoms with Crippen molar-refractivity contribution in [3.8, 4) is 0 Å². The molecule has 29 heavy (non-hydrogen) atoms. The van der Waals surface area contributed by atoms with Gasteiger partial charge >= 0.3 is 5.97 Å². The van der Waals surface area contributed by atoms with Crippen LogP contribution in [0, 0.1) is 0 Å². The van der Waals surface area contributed by atoms with E-state index >= 15 is 0 Å². The third-order valence-electron chi connectivity index (χ3n) is 4.65. The maximum absolute atomic E-state index is 12.6. The fraction of sp³-hybridized carbons (Fsp3) is 0.346. The lowest BCUT2D eigenvalue weighted by Crippen LogP contribution is -2.39. The first-order chi connectivity index (χ1) is 13.8. The molecule has 2 aromatic rings. The minimum absolute atomic E-state index is 0.113. The van der Waals surface area contributed by atoms with Crippen LogP contribution in [0.4, 0.5) is 0 Å². The number of esters is 1. The number of benzene rings is 2. The summed E-state index contributed by atoms with van der Waals surface area (Å²) in [5.74, 6) is -0.200. The molecule has 0 aliphatic heterocycles. The summed E-state index contributed by atoms with van der Waals surface area (Å²) in [6, 6.07) is 20.5. The highest BCUT2D eigenvalue weighted by molar-refractivity contribution is 5.71. The molecule has 2 rings (SSSR count). The first kappa shape index (κ1) is 22.6. The summed E-state index contributed by atoms with van der Waals surface area (Å²) in [7, 11) is 0. The Kier molecular flexibility index (Phi) is 8.41. The number of rotatable bonds is 9. The second-order valence-corrected chi connectivity index (χ2v) is 8.20. The Morgan fingerprint density at radius 2 is 1.66 bits per heavy atom. The number of carbonyl (C=O) groups excluding carboxylic acids is 1. The van der Waals surface area contributed by atoms with Gasteiger partial charge in [-0.25, -0.2) is 0 Å². The molecule has 0 aliphatic rings. The summed E-state index contributed by atoms with van der Waals surface area (Å²) in [6.45, 7) is 12.5. The topological polar surface area (TPSA) is 29.5 Å². The molecule has 154 valence electrons. The van der Waals surface area contributed by atoms with Gasteiger partial charge in [0.2, 0.25) is 0 Å². The largest absolute Gasteiger partial charge is 0.460 e. The zero-order valence-electron chi connectivity index (χ0n) is 18.0. The van der Waals surface area contributed by atoms with E-state index in [0.29, 0.717) is 6.54 Å². The Labute approximate surface area is 175 Å². The van der Waals surface area contributed by atoms with E-state index in [-0.39, 0.29) is 24.5 Å². The van der Waals surface area contributed by atoms with Gasteiger partial charge in [0.1, 0.15) is 5.60 Å². The summed E-state index contributed by atoms with van der Waals surface area (Å²) in [4.78, 5) is 14.9. The molecule has 2 unspecified atom stereocenters. The van der Waals surface area contributed by atoms with Gasteiger partial charge in [0.15, 0.2) is 0 Å². The van der Waals surface area contributed by atoms with Crippen LogP contribution in [0.2, 0.25) is 0 Å². The Morgan fingerprint density at radius 1 is 1.07 bits per heavy atom. The average molecular weight is 392 g/mol. The van der Waals surface area contributed by atoms with Gasteiger partial charge in [-0.15, -0.1) is 6.58 Å². The first-order valence-electron chi connectivity index (χ1n) is 10.2. The fourth-order valence-corrected chi connectivity index (χ4v) is 3.29. The predicted octanol–water partition coefficient (Wildman–Crippen LogP) is 6.05. The zero-order chi connectivity index (χ0) is 21.3. The third kappa shape index (κ3) is 7.71. The van der Waals surface area contributed by atoms with E-state index < -0.39 is 5.60 Å². The number of hydrogen-bond donors (Lipinski definition) is 0. The third-order valence-corrected chi connectivity index (χ3v) is 4.65. The summed E-state index contributed by atoms with van der Waals surface area (Å²) in [5, 5.41) is 0. The smallest absolute Gasteiger partial charge is 0.308 e. The Bertz CT molecular complexity index is 790. The van der Waals surface area contributed by atoms with Crippen molar-refractivity contribution in [2.75, 3.05) is 6.54 Å². The molecule has 0 radical (unpaired) electrons. The van der Waals surface area contributed by atoms with Crippen molar-refractivity contribution in [2.24, 2.45) is 0 Å². The summed E-state index contributed by atoms with van der Waals surface area (Å²) in [6.07, 6.45) is 6.34. The standard InChI is InChI=1S/C26H33NO2/c1-6-19-27(21(2)23-15-11-8-12-16-23)24(20-25(28)29-26(3,4)5)18-17-22-13-9-7-10-14-22/h6-18,21,24H,1,19-20H2,2-5H3/b18-17+. The number of carbonyl (C=O) groups is 1. The molecule has 0 spiro atoms. The molecule has 0 amide bonds. The maximum Gasteiger partial charge on any atom is 0.308 e. The van der Waals surface area contributed by atoms with Gasteiger partial charge in [0.25, 0.3) is 0 Å². The molecule has 0 heterocycles. The van der Waals surface area contributed by atoms with Crippen molar-refractivity contribution in [2.45, 2.75) is 51.8 Å². The molecule has 2 atom stereocenters. The molecule has 0 saturated carbocycles. The molecular weight excluding hydrogens is 358 g/mol. The molecule has 0 aliphatic carbocycles. The van der Waals surface area contributed by atoms with Crippen LogP contribution in [-0.2, 0) is 9.53 Å². The van der Waals surface area contributed by atoms with Crippen LogP contribution in [-0.4, -0.2) is 29.1 Å². The van der Waals surface area contributed by atoms with Crippen molar-refractivity contribution in [3.63, 3.8) is 0 Å². The lowest BCUT2D eigenvalue weighted by atomic mass is 10.0. The summed E-state index contributed by atoms with van der Waals surface area (Å²) < 4.78 is 5.61.